The second-order valence-electron chi connectivity index (χ2n) is 7.01. The molecular formula is C23H20N2O5S. The minimum absolute atomic E-state index is 0.245. The van der Waals surface area contributed by atoms with Crippen molar-refractivity contribution in [3.8, 4) is 34.1 Å². The van der Waals surface area contributed by atoms with Gasteiger partial charge < -0.3 is 14.5 Å². The summed E-state index contributed by atoms with van der Waals surface area (Å²) in [6.07, 6.45) is 1.17. The van der Waals surface area contributed by atoms with Gasteiger partial charge >= 0.3 is 0 Å². The summed E-state index contributed by atoms with van der Waals surface area (Å²) in [6, 6.07) is 17.2. The summed E-state index contributed by atoms with van der Waals surface area (Å²) < 4.78 is 34.0. The Labute approximate surface area is 179 Å². The fraction of sp³-hybridized carbons (Fsp3) is 0.130. The van der Waals surface area contributed by atoms with Crippen LogP contribution in [0.2, 0.25) is 0 Å². The highest BCUT2D eigenvalue weighted by Crippen LogP contribution is 2.31. The van der Waals surface area contributed by atoms with E-state index in [2.05, 4.69) is 9.97 Å². The Morgan fingerprint density at radius 1 is 0.903 bits per heavy atom. The first-order valence-electron chi connectivity index (χ1n) is 9.37. The van der Waals surface area contributed by atoms with Crippen LogP contribution in [0.5, 0.6) is 11.5 Å². The van der Waals surface area contributed by atoms with Crippen LogP contribution in [-0.2, 0) is 9.84 Å². The van der Waals surface area contributed by atoms with Crippen molar-refractivity contribution >= 4 is 20.6 Å². The first-order chi connectivity index (χ1) is 14.8. The van der Waals surface area contributed by atoms with Gasteiger partial charge in [-0.2, -0.15) is 0 Å². The molecule has 0 spiro atoms. The Bertz CT molecular complexity index is 1440. The molecule has 0 aliphatic carbocycles. The average Bonchev–Trinajstić information content (AvgIpc) is 2.77. The van der Waals surface area contributed by atoms with E-state index < -0.39 is 9.84 Å². The normalized spacial score (nSPS) is 11.5. The average molecular weight is 436 g/mol. The predicted octanol–water partition coefficient (Wildman–Crippen LogP) is 3.68. The number of hydrogen-bond donors (Lipinski definition) is 1. The van der Waals surface area contributed by atoms with Gasteiger partial charge in [0, 0.05) is 17.9 Å². The van der Waals surface area contributed by atoms with Gasteiger partial charge in [0.25, 0.3) is 5.56 Å². The van der Waals surface area contributed by atoms with Gasteiger partial charge in [-0.3, -0.25) is 4.79 Å². The maximum Gasteiger partial charge on any atom is 0.260 e. The van der Waals surface area contributed by atoms with Crippen LogP contribution in [0.25, 0.3) is 33.4 Å². The lowest BCUT2D eigenvalue weighted by atomic mass is 10.1. The van der Waals surface area contributed by atoms with Crippen molar-refractivity contribution in [2.24, 2.45) is 0 Å². The minimum Gasteiger partial charge on any atom is -0.497 e. The highest BCUT2D eigenvalue weighted by Gasteiger charge is 2.13. The summed E-state index contributed by atoms with van der Waals surface area (Å²) >= 11 is 0. The summed E-state index contributed by atoms with van der Waals surface area (Å²) in [5, 5.41) is 1.10. The van der Waals surface area contributed by atoms with Gasteiger partial charge in [0.05, 0.1) is 41.6 Å². The van der Waals surface area contributed by atoms with Crippen LogP contribution >= 0.6 is 0 Å². The maximum atomic E-state index is 12.8. The molecule has 0 radical (unpaired) electrons. The van der Waals surface area contributed by atoms with E-state index in [4.69, 9.17) is 9.47 Å². The third-order valence-electron chi connectivity index (χ3n) is 4.94. The lowest BCUT2D eigenvalue weighted by Crippen LogP contribution is -2.09. The molecule has 0 unspecified atom stereocenters. The van der Waals surface area contributed by atoms with Crippen molar-refractivity contribution in [1.82, 2.24) is 9.97 Å². The highest BCUT2D eigenvalue weighted by molar-refractivity contribution is 7.90. The van der Waals surface area contributed by atoms with E-state index in [1.165, 1.54) is 13.4 Å². The molecule has 31 heavy (non-hydrogen) atoms. The number of pyridine rings is 2. The van der Waals surface area contributed by atoms with Crippen LogP contribution in [0, 0.1) is 0 Å². The summed E-state index contributed by atoms with van der Waals surface area (Å²) in [6.45, 7) is 0. The minimum atomic E-state index is -3.27. The number of sulfone groups is 1. The lowest BCUT2D eigenvalue weighted by molar-refractivity contribution is 0.398. The summed E-state index contributed by atoms with van der Waals surface area (Å²) in [7, 11) is -0.219. The molecule has 2 heterocycles. The molecule has 0 amide bonds. The standard InChI is InChI=1S/C23H20N2O5S/c1-29-16-11-15-12-20(25-23(26)22(15)21(13-16)30-2)19-6-4-5-18(24-19)14-7-9-17(10-8-14)31(3,27)28/h4-13H,1-3H3,(H,25,26). The van der Waals surface area contributed by atoms with Gasteiger partial charge in [-0.15, -0.1) is 0 Å². The molecule has 2 aromatic heterocycles. The number of nitrogens with one attached hydrogen (secondary N) is 1. The van der Waals surface area contributed by atoms with E-state index in [-0.39, 0.29) is 10.5 Å². The number of aromatic amines is 1. The Hall–Kier alpha value is -3.65. The van der Waals surface area contributed by atoms with E-state index in [0.717, 1.165) is 5.56 Å². The Morgan fingerprint density at radius 2 is 1.61 bits per heavy atom. The quantitative estimate of drug-likeness (QED) is 0.513. The molecule has 0 saturated heterocycles. The first kappa shape index (κ1) is 20.6. The summed E-state index contributed by atoms with van der Waals surface area (Å²) in [5.41, 5.74) is 2.24. The number of aromatic nitrogens is 2. The van der Waals surface area contributed by atoms with E-state index in [1.54, 1.807) is 49.6 Å². The highest BCUT2D eigenvalue weighted by atomic mass is 32.2. The number of rotatable bonds is 5. The Morgan fingerprint density at radius 3 is 2.26 bits per heavy atom. The Balaban J connectivity index is 1.81. The molecule has 2 aromatic carbocycles. The smallest absolute Gasteiger partial charge is 0.260 e. The van der Waals surface area contributed by atoms with Crippen LogP contribution in [-0.4, -0.2) is 38.9 Å². The third-order valence-corrected chi connectivity index (χ3v) is 6.07. The molecule has 0 saturated carbocycles. The molecule has 7 nitrogen and oxygen atoms in total. The second-order valence-corrected chi connectivity index (χ2v) is 9.03. The number of ether oxygens (including phenoxy) is 2. The number of hydrogen-bond acceptors (Lipinski definition) is 6. The number of nitrogens with zero attached hydrogens (tertiary/aromatic N) is 1. The molecule has 4 aromatic rings. The van der Waals surface area contributed by atoms with Crippen LogP contribution in [0.1, 0.15) is 0 Å². The van der Waals surface area contributed by atoms with Gasteiger partial charge in [0.1, 0.15) is 11.5 Å². The first-order valence-corrected chi connectivity index (χ1v) is 11.3. The molecule has 0 atom stereocenters. The van der Waals surface area contributed by atoms with Gasteiger partial charge in [-0.25, -0.2) is 13.4 Å². The van der Waals surface area contributed by atoms with E-state index >= 15 is 0 Å². The largest absolute Gasteiger partial charge is 0.497 e. The maximum absolute atomic E-state index is 12.8. The van der Waals surface area contributed by atoms with Crippen LogP contribution in [0.4, 0.5) is 0 Å². The van der Waals surface area contributed by atoms with Gasteiger partial charge in [-0.05, 0) is 41.8 Å². The molecular weight excluding hydrogens is 416 g/mol. The summed E-state index contributed by atoms with van der Waals surface area (Å²) in [4.78, 5) is 20.5. The van der Waals surface area contributed by atoms with Crippen molar-refractivity contribution < 1.29 is 17.9 Å². The number of benzene rings is 2. The molecule has 158 valence electrons. The fourth-order valence-corrected chi connectivity index (χ4v) is 4.01. The Kier molecular flexibility index (Phi) is 5.24. The van der Waals surface area contributed by atoms with Gasteiger partial charge in [0.2, 0.25) is 0 Å². The number of fused-ring (bicyclic) bond motifs is 1. The topological polar surface area (TPSA) is 98.4 Å². The molecule has 8 heteroatoms. The summed E-state index contributed by atoms with van der Waals surface area (Å²) in [5.74, 6) is 1.00. The van der Waals surface area contributed by atoms with Crippen molar-refractivity contribution in [1.29, 1.82) is 0 Å². The number of methoxy groups -OCH3 is 2. The van der Waals surface area contributed by atoms with Gasteiger partial charge in [0.15, 0.2) is 9.84 Å². The molecule has 0 aliphatic rings. The molecule has 4 rings (SSSR count). The van der Waals surface area contributed by atoms with Crippen LogP contribution in [0.15, 0.2) is 70.4 Å². The second kappa shape index (κ2) is 7.88. The van der Waals surface area contributed by atoms with E-state index in [0.29, 0.717) is 39.4 Å². The third kappa shape index (κ3) is 4.02. The van der Waals surface area contributed by atoms with Crippen LogP contribution < -0.4 is 15.0 Å². The molecule has 0 bridgehead atoms. The zero-order valence-corrected chi connectivity index (χ0v) is 18.0. The molecule has 0 aliphatic heterocycles. The van der Waals surface area contributed by atoms with Gasteiger partial charge in [-0.1, -0.05) is 18.2 Å². The van der Waals surface area contributed by atoms with Crippen molar-refractivity contribution in [3.63, 3.8) is 0 Å². The SMILES string of the molecule is COc1cc(OC)c2c(=O)[nH]c(-c3cccc(-c4ccc(S(C)(=O)=O)cc4)n3)cc2c1. The van der Waals surface area contributed by atoms with Crippen LogP contribution in [0.3, 0.4) is 0 Å². The molecule has 1 N–H and O–H groups in total. The van der Waals surface area contributed by atoms with E-state index in [9.17, 15) is 13.2 Å². The zero-order valence-electron chi connectivity index (χ0n) is 17.2. The predicted molar refractivity (Wildman–Crippen MR) is 119 cm³/mol. The number of H-pyrrole nitrogens is 1. The lowest BCUT2D eigenvalue weighted by Gasteiger charge is -2.10. The monoisotopic (exact) mass is 436 g/mol. The van der Waals surface area contributed by atoms with Crippen molar-refractivity contribution in [3.05, 3.63) is 71.0 Å². The zero-order chi connectivity index (χ0) is 22.2. The van der Waals surface area contributed by atoms with Crippen molar-refractivity contribution in [2.45, 2.75) is 4.90 Å². The van der Waals surface area contributed by atoms with Crippen molar-refractivity contribution in [2.75, 3.05) is 20.5 Å². The van der Waals surface area contributed by atoms with E-state index in [1.807, 2.05) is 18.2 Å². The molecule has 0 fully saturated rings. The fourth-order valence-electron chi connectivity index (χ4n) is 3.38.